The van der Waals surface area contributed by atoms with E-state index in [0.717, 1.165) is 43.3 Å². The van der Waals surface area contributed by atoms with Crippen molar-refractivity contribution in [3.8, 4) is 11.4 Å². The van der Waals surface area contributed by atoms with E-state index in [1.165, 1.54) is 11.6 Å². The van der Waals surface area contributed by atoms with E-state index in [0.29, 0.717) is 23.1 Å². The minimum absolute atomic E-state index is 0.333. The summed E-state index contributed by atoms with van der Waals surface area (Å²) in [5.41, 5.74) is 2.24. The van der Waals surface area contributed by atoms with Gasteiger partial charge in [-0.05, 0) is 54.8 Å². The molecule has 1 saturated heterocycles. The smallest absolute Gasteiger partial charge is 0.188 e. The minimum Gasteiger partial charge on any atom is -0.366 e. The molecule has 8 heteroatoms. The van der Waals surface area contributed by atoms with Gasteiger partial charge in [0.15, 0.2) is 11.5 Å². The maximum Gasteiger partial charge on any atom is 0.188 e. The lowest BCUT2D eigenvalue weighted by atomic mass is 10.0. The Bertz CT molecular complexity index is 1180. The first kappa shape index (κ1) is 19.9. The predicted molar refractivity (Wildman–Crippen MR) is 120 cm³/mol. The average molecular weight is 437 g/mol. The van der Waals surface area contributed by atoms with E-state index in [-0.39, 0.29) is 5.82 Å². The standard InChI is InChI=1S/C23H22ClFN6/c24-17-7-5-16(6-8-17)15-30-13-11-18(12-14-30)26-21-9-10-22-27-28-23(31(22)29-21)19-3-1-2-4-20(19)25/h1-10,18H,11-15H2,(H,26,29). The normalized spacial score (nSPS) is 15.4. The van der Waals surface area contributed by atoms with E-state index in [1.807, 2.05) is 24.3 Å². The van der Waals surface area contributed by atoms with Crippen molar-refractivity contribution in [2.24, 2.45) is 0 Å². The first-order valence-corrected chi connectivity index (χ1v) is 10.7. The lowest BCUT2D eigenvalue weighted by Gasteiger charge is -2.32. The van der Waals surface area contributed by atoms with E-state index in [1.54, 1.807) is 22.7 Å². The molecule has 0 saturated carbocycles. The number of anilines is 1. The molecule has 2 aromatic heterocycles. The fourth-order valence-corrected chi connectivity index (χ4v) is 4.09. The van der Waals surface area contributed by atoms with Gasteiger partial charge in [0.05, 0.1) is 5.56 Å². The Labute approximate surface area is 184 Å². The van der Waals surface area contributed by atoms with Crippen molar-refractivity contribution in [3.63, 3.8) is 0 Å². The average Bonchev–Trinajstić information content (AvgIpc) is 3.20. The van der Waals surface area contributed by atoms with Crippen LogP contribution in [0.4, 0.5) is 10.2 Å². The maximum atomic E-state index is 14.2. The number of likely N-dealkylation sites (tertiary alicyclic amines) is 1. The molecule has 31 heavy (non-hydrogen) atoms. The summed E-state index contributed by atoms with van der Waals surface area (Å²) in [7, 11) is 0. The summed E-state index contributed by atoms with van der Waals surface area (Å²) in [6.07, 6.45) is 2.05. The number of nitrogens with zero attached hydrogens (tertiary/aromatic N) is 5. The van der Waals surface area contributed by atoms with E-state index in [9.17, 15) is 4.39 Å². The molecule has 1 N–H and O–H groups in total. The van der Waals surface area contributed by atoms with Crippen LogP contribution in [0.3, 0.4) is 0 Å². The minimum atomic E-state index is -0.343. The molecule has 1 aliphatic heterocycles. The topological polar surface area (TPSA) is 58.4 Å². The summed E-state index contributed by atoms with van der Waals surface area (Å²) in [6.45, 7) is 2.95. The molecule has 0 bridgehead atoms. The Balaban J connectivity index is 1.25. The summed E-state index contributed by atoms with van der Waals surface area (Å²) in [5, 5.41) is 17.2. The van der Waals surface area contributed by atoms with Crippen LogP contribution in [-0.2, 0) is 6.54 Å². The Morgan fingerprint density at radius 2 is 1.74 bits per heavy atom. The number of fused-ring (bicyclic) bond motifs is 1. The van der Waals surface area contributed by atoms with Crippen LogP contribution in [0.5, 0.6) is 0 Å². The lowest BCUT2D eigenvalue weighted by Crippen LogP contribution is -2.38. The fraction of sp³-hybridized carbons (Fsp3) is 0.261. The molecule has 0 unspecified atom stereocenters. The zero-order chi connectivity index (χ0) is 21.2. The molecule has 5 rings (SSSR count). The van der Waals surface area contributed by atoms with E-state index in [4.69, 9.17) is 11.6 Å². The fourth-order valence-electron chi connectivity index (χ4n) is 3.97. The van der Waals surface area contributed by atoms with Crippen LogP contribution in [0.1, 0.15) is 18.4 Å². The highest BCUT2D eigenvalue weighted by atomic mass is 35.5. The van der Waals surface area contributed by atoms with Crippen molar-refractivity contribution in [2.75, 3.05) is 18.4 Å². The molecular weight excluding hydrogens is 415 g/mol. The first-order chi connectivity index (χ1) is 15.2. The summed E-state index contributed by atoms with van der Waals surface area (Å²) in [6, 6.07) is 18.6. The number of benzene rings is 2. The van der Waals surface area contributed by atoms with Crippen LogP contribution in [0, 0.1) is 5.82 Å². The SMILES string of the molecule is Fc1ccccc1-c1nnc2ccc(NC3CCN(Cc4ccc(Cl)cc4)CC3)nn12. The highest BCUT2D eigenvalue weighted by Gasteiger charge is 2.20. The van der Waals surface area contributed by atoms with Gasteiger partial charge in [-0.2, -0.15) is 4.52 Å². The predicted octanol–water partition coefficient (Wildman–Crippen LogP) is 4.66. The lowest BCUT2D eigenvalue weighted by molar-refractivity contribution is 0.211. The molecule has 0 aliphatic carbocycles. The molecule has 1 aliphatic rings. The molecule has 6 nitrogen and oxygen atoms in total. The van der Waals surface area contributed by atoms with Gasteiger partial charge in [0.25, 0.3) is 0 Å². The van der Waals surface area contributed by atoms with Crippen LogP contribution < -0.4 is 5.32 Å². The number of aromatic nitrogens is 4. The van der Waals surface area contributed by atoms with Crippen LogP contribution >= 0.6 is 11.6 Å². The van der Waals surface area contributed by atoms with Crippen LogP contribution in [0.2, 0.25) is 5.02 Å². The Morgan fingerprint density at radius 3 is 2.52 bits per heavy atom. The van der Waals surface area contributed by atoms with Gasteiger partial charge in [0.1, 0.15) is 11.6 Å². The molecule has 158 valence electrons. The third kappa shape index (κ3) is 4.38. The number of halogens is 2. The largest absolute Gasteiger partial charge is 0.366 e. The summed E-state index contributed by atoms with van der Waals surface area (Å²) in [4.78, 5) is 2.45. The Morgan fingerprint density at radius 1 is 0.968 bits per heavy atom. The first-order valence-electron chi connectivity index (χ1n) is 10.4. The number of piperidine rings is 1. The van der Waals surface area contributed by atoms with Gasteiger partial charge < -0.3 is 5.32 Å². The molecule has 0 radical (unpaired) electrons. The molecule has 0 amide bonds. The van der Waals surface area contributed by atoms with Gasteiger partial charge in [0, 0.05) is 30.7 Å². The molecule has 2 aromatic carbocycles. The Hall–Kier alpha value is -3.03. The highest BCUT2D eigenvalue weighted by Crippen LogP contribution is 2.22. The van der Waals surface area contributed by atoms with Crippen molar-refractivity contribution in [3.05, 3.63) is 77.1 Å². The quantitative estimate of drug-likeness (QED) is 0.493. The van der Waals surface area contributed by atoms with Gasteiger partial charge in [-0.15, -0.1) is 15.3 Å². The molecule has 0 atom stereocenters. The van der Waals surface area contributed by atoms with Crippen molar-refractivity contribution in [1.29, 1.82) is 0 Å². The second kappa shape index (κ2) is 8.61. The zero-order valence-corrected chi connectivity index (χ0v) is 17.6. The van der Waals surface area contributed by atoms with E-state index >= 15 is 0 Å². The number of nitrogens with one attached hydrogen (secondary N) is 1. The monoisotopic (exact) mass is 436 g/mol. The van der Waals surface area contributed by atoms with Crippen LogP contribution in [0.15, 0.2) is 60.7 Å². The molecular formula is C23H22ClFN6. The zero-order valence-electron chi connectivity index (χ0n) is 16.9. The molecule has 1 fully saturated rings. The van der Waals surface area contributed by atoms with Gasteiger partial charge >= 0.3 is 0 Å². The van der Waals surface area contributed by atoms with Crippen LogP contribution in [-0.4, -0.2) is 43.8 Å². The molecule has 4 aromatic rings. The second-order valence-electron chi connectivity index (χ2n) is 7.81. The third-order valence-corrected chi connectivity index (χ3v) is 5.89. The summed E-state index contributed by atoms with van der Waals surface area (Å²) < 4.78 is 15.8. The number of hydrogen-bond acceptors (Lipinski definition) is 5. The summed E-state index contributed by atoms with van der Waals surface area (Å²) >= 11 is 5.98. The number of hydrogen-bond donors (Lipinski definition) is 1. The number of rotatable bonds is 5. The van der Waals surface area contributed by atoms with Gasteiger partial charge in [0.2, 0.25) is 0 Å². The molecule has 3 heterocycles. The van der Waals surface area contributed by atoms with Crippen molar-refractivity contribution >= 4 is 23.1 Å². The van der Waals surface area contributed by atoms with Gasteiger partial charge in [-0.1, -0.05) is 35.9 Å². The van der Waals surface area contributed by atoms with Crippen molar-refractivity contribution < 1.29 is 4.39 Å². The third-order valence-electron chi connectivity index (χ3n) is 5.64. The maximum absolute atomic E-state index is 14.2. The Kier molecular flexibility index (Phi) is 5.53. The highest BCUT2D eigenvalue weighted by molar-refractivity contribution is 6.30. The van der Waals surface area contributed by atoms with Gasteiger partial charge in [-0.3, -0.25) is 4.90 Å². The summed E-state index contributed by atoms with van der Waals surface area (Å²) in [5.74, 6) is 0.792. The molecule has 0 spiro atoms. The van der Waals surface area contributed by atoms with Gasteiger partial charge in [-0.25, -0.2) is 4.39 Å². The van der Waals surface area contributed by atoms with E-state index < -0.39 is 0 Å². The van der Waals surface area contributed by atoms with Crippen molar-refractivity contribution in [1.82, 2.24) is 24.7 Å². The van der Waals surface area contributed by atoms with Crippen LogP contribution in [0.25, 0.3) is 17.0 Å². The van der Waals surface area contributed by atoms with Crippen molar-refractivity contribution in [2.45, 2.75) is 25.4 Å². The van der Waals surface area contributed by atoms with E-state index in [2.05, 4.69) is 37.6 Å². The second-order valence-corrected chi connectivity index (χ2v) is 8.25.